The molecule has 1 amide bonds. The van der Waals surface area contributed by atoms with Gasteiger partial charge < -0.3 is 10.4 Å². The van der Waals surface area contributed by atoms with E-state index in [2.05, 4.69) is 5.32 Å². The van der Waals surface area contributed by atoms with E-state index in [0.29, 0.717) is 30.7 Å². The Hall–Kier alpha value is -1.55. The topological polar surface area (TPSA) is 66.4 Å². The molecular formula is C19H24ClNO3. The summed E-state index contributed by atoms with van der Waals surface area (Å²) in [5.41, 5.74) is 0.836. The first-order valence-corrected chi connectivity index (χ1v) is 9.19. The Morgan fingerprint density at radius 2 is 1.54 bits per heavy atom. The van der Waals surface area contributed by atoms with Crippen molar-refractivity contribution in [2.45, 2.75) is 56.9 Å². The maximum absolute atomic E-state index is 12.8. The molecule has 0 aliphatic heterocycles. The van der Waals surface area contributed by atoms with Crippen LogP contribution < -0.4 is 5.32 Å². The monoisotopic (exact) mass is 349 g/mol. The van der Waals surface area contributed by atoms with Crippen LogP contribution in [0.2, 0.25) is 5.02 Å². The van der Waals surface area contributed by atoms with E-state index in [-0.39, 0.29) is 23.3 Å². The van der Waals surface area contributed by atoms with Crippen molar-refractivity contribution in [3.05, 3.63) is 34.9 Å². The Morgan fingerprint density at radius 3 is 2.08 bits per heavy atom. The van der Waals surface area contributed by atoms with E-state index in [1.54, 1.807) is 0 Å². The molecule has 0 heterocycles. The molecule has 0 saturated heterocycles. The Bertz CT molecular complexity index is 600. The number of amides is 1. The highest BCUT2D eigenvalue weighted by molar-refractivity contribution is 6.30. The summed E-state index contributed by atoms with van der Waals surface area (Å²) in [7, 11) is 0. The van der Waals surface area contributed by atoms with E-state index in [1.165, 1.54) is 0 Å². The summed E-state index contributed by atoms with van der Waals surface area (Å²) in [6, 6.07) is 7.77. The Balaban J connectivity index is 1.69. The zero-order valence-corrected chi connectivity index (χ0v) is 14.5. The van der Waals surface area contributed by atoms with Crippen molar-refractivity contribution in [1.82, 2.24) is 5.32 Å². The van der Waals surface area contributed by atoms with Gasteiger partial charge in [0.15, 0.2) is 0 Å². The first-order chi connectivity index (χ1) is 11.5. The third-order valence-electron chi connectivity index (χ3n) is 5.66. The van der Waals surface area contributed by atoms with Crippen molar-refractivity contribution in [2.24, 2.45) is 11.8 Å². The van der Waals surface area contributed by atoms with E-state index in [0.717, 1.165) is 31.2 Å². The highest BCUT2D eigenvalue weighted by atomic mass is 35.5. The van der Waals surface area contributed by atoms with Crippen molar-refractivity contribution >= 4 is 23.5 Å². The van der Waals surface area contributed by atoms with Crippen LogP contribution >= 0.6 is 11.6 Å². The van der Waals surface area contributed by atoms with Crippen molar-refractivity contribution in [3.63, 3.8) is 0 Å². The van der Waals surface area contributed by atoms with Crippen LogP contribution in [0.15, 0.2) is 24.3 Å². The molecular weight excluding hydrogens is 326 g/mol. The molecule has 2 fully saturated rings. The van der Waals surface area contributed by atoms with Gasteiger partial charge in [-0.25, -0.2) is 0 Å². The van der Waals surface area contributed by atoms with Gasteiger partial charge in [0.1, 0.15) is 0 Å². The maximum Gasteiger partial charge on any atom is 0.306 e. The fraction of sp³-hybridized carbons (Fsp3) is 0.579. The van der Waals surface area contributed by atoms with Crippen LogP contribution in [0.4, 0.5) is 0 Å². The third kappa shape index (κ3) is 3.59. The van der Waals surface area contributed by atoms with Gasteiger partial charge in [0.05, 0.1) is 11.5 Å². The van der Waals surface area contributed by atoms with Crippen LogP contribution in [0.5, 0.6) is 0 Å². The number of rotatable bonds is 4. The second kappa shape index (κ2) is 7.14. The van der Waals surface area contributed by atoms with Gasteiger partial charge in [-0.3, -0.25) is 9.59 Å². The quantitative estimate of drug-likeness (QED) is 0.859. The number of aliphatic carboxylic acids is 1. The lowest BCUT2D eigenvalue weighted by Crippen LogP contribution is -2.47. The highest BCUT2D eigenvalue weighted by Gasteiger charge is 2.39. The van der Waals surface area contributed by atoms with Crippen LogP contribution in [0, 0.1) is 11.8 Å². The average molecular weight is 350 g/mol. The van der Waals surface area contributed by atoms with Gasteiger partial charge in [0, 0.05) is 10.9 Å². The second-order valence-electron chi connectivity index (χ2n) is 7.17. The zero-order chi connectivity index (χ0) is 17.2. The molecule has 4 nitrogen and oxygen atoms in total. The summed E-state index contributed by atoms with van der Waals surface area (Å²) in [5.74, 6) is -1.01. The van der Waals surface area contributed by atoms with Crippen LogP contribution in [-0.2, 0) is 15.1 Å². The number of hydrogen-bond acceptors (Lipinski definition) is 2. The molecule has 0 atom stereocenters. The SMILES string of the molecule is O=C(O)C1CCC(C(=O)NC2(c3ccc(Cl)cc3)CCCC2)CC1. The number of carbonyl (C=O) groups is 2. The normalized spacial score (nSPS) is 26.0. The number of carbonyl (C=O) groups excluding carboxylic acids is 1. The Labute approximate surface area is 147 Å². The minimum absolute atomic E-state index is 0.0645. The molecule has 2 aliphatic carbocycles. The molecule has 24 heavy (non-hydrogen) atoms. The van der Waals surface area contributed by atoms with Crippen LogP contribution in [-0.4, -0.2) is 17.0 Å². The molecule has 1 aromatic carbocycles. The van der Waals surface area contributed by atoms with E-state index < -0.39 is 5.97 Å². The van der Waals surface area contributed by atoms with Crippen LogP contribution in [0.1, 0.15) is 56.9 Å². The maximum atomic E-state index is 12.8. The van der Waals surface area contributed by atoms with E-state index in [9.17, 15) is 9.59 Å². The molecule has 0 radical (unpaired) electrons. The largest absolute Gasteiger partial charge is 0.481 e. The van der Waals surface area contributed by atoms with Gasteiger partial charge in [0.2, 0.25) is 5.91 Å². The lowest BCUT2D eigenvalue weighted by Gasteiger charge is -2.34. The lowest BCUT2D eigenvalue weighted by molar-refractivity contribution is -0.144. The standard InChI is InChI=1S/C19H24ClNO3/c20-16-9-7-15(8-10-16)19(11-1-2-12-19)21-17(22)13-3-5-14(6-4-13)18(23)24/h7-10,13-14H,1-6,11-12H2,(H,21,22)(H,23,24). The van der Waals surface area contributed by atoms with Crippen LogP contribution in [0.25, 0.3) is 0 Å². The number of nitrogens with one attached hydrogen (secondary N) is 1. The summed E-state index contributed by atoms with van der Waals surface area (Å²) in [5, 5.41) is 13.1. The molecule has 2 saturated carbocycles. The summed E-state index contributed by atoms with van der Waals surface area (Å²) in [6.07, 6.45) is 6.64. The Morgan fingerprint density at radius 1 is 1.00 bits per heavy atom. The van der Waals surface area contributed by atoms with E-state index >= 15 is 0 Å². The minimum atomic E-state index is -0.734. The first-order valence-electron chi connectivity index (χ1n) is 8.81. The predicted molar refractivity (Wildman–Crippen MR) is 92.8 cm³/mol. The first kappa shape index (κ1) is 17.3. The number of benzene rings is 1. The summed E-state index contributed by atoms with van der Waals surface area (Å²) in [6.45, 7) is 0. The Kier molecular flexibility index (Phi) is 5.14. The molecule has 5 heteroatoms. The molecule has 2 N–H and O–H groups in total. The fourth-order valence-electron chi connectivity index (χ4n) is 4.17. The van der Waals surface area contributed by atoms with Gasteiger partial charge >= 0.3 is 5.97 Å². The molecule has 0 aromatic heterocycles. The lowest BCUT2D eigenvalue weighted by atomic mass is 9.80. The average Bonchev–Trinajstić information content (AvgIpc) is 3.05. The van der Waals surface area contributed by atoms with Crippen molar-refractivity contribution in [2.75, 3.05) is 0 Å². The fourth-order valence-corrected chi connectivity index (χ4v) is 4.30. The molecule has 0 unspecified atom stereocenters. The minimum Gasteiger partial charge on any atom is -0.481 e. The van der Waals surface area contributed by atoms with Crippen molar-refractivity contribution < 1.29 is 14.7 Å². The highest BCUT2D eigenvalue weighted by Crippen LogP contribution is 2.40. The number of halogens is 1. The molecule has 0 spiro atoms. The summed E-state index contributed by atoms with van der Waals surface area (Å²) in [4.78, 5) is 23.9. The smallest absolute Gasteiger partial charge is 0.306 e. The van der Waals surface area contributed by atoms with E-state index in [1.807, 2.05) is 24.3 Å². The molecule has 3 rings (SSSR count). The van der Waals surface area contributed by atoms with Gasteiger partial charge in [-0.05, 0) is 56.2 Å². The predicted octanol–water partition coefficient (Wildman–Crippen LogP) is 4.12. The zero-order valence-electron chi connectivity index (χ0n) is 13.8. The second-order valence-corrected chi connectivity index (χ2v) is 7.61. The summed E-state index contributed by atoms with van der Waals surface area (Å²) < 4.78 is 0. The van der Waals surface area contributed by atoms with Crippen LogP contribution in [0.3, 0.4) is 0 Å². The summed E-state index contributed by atoms with van der Waals surface area (Å²) >= 11 is 6.00. The number of carboxylic acids is 1. The van der Waals surface area contributed by atoms with Crippen molar-refractivity contribution in [3.8, 4) is 0 Å². The molecule has 0 bridgehead atoms. The number of carboxylic acid groups (broad SMARTS) is 1. The molecule has 2 aliphatic rings. The third-order valence-corrected chi connectivity index (χ3v) is 5.92. The van der Waals surface area contributed by atoms with Gasteiger partial charge in [-0.15, -0.1) is 0 Å². The van der Waals surface area contributed by atoms with Crippen molar-refractivity contribution in [1.29, 1.82) is 0 Å². The molecule has 1 aromatic rings. The molecule has 130 valence electrons. The van der Waals surface area contributed by atoms with Gasteiger partial charge in [-0.1, -0.05) is 36.6 Å². The van der Waals surface area contributed by atoms with Gasteiger partial charge in [0.25, 0.3) is 0 Å². The van der Waals surface area contributed by atoms with Gasteiger partial charge in [-0.2, -0.15) is 0 Å². The van der Waals surface area contributed by atoms with E-state index in [4.69, 9.17) is 16.7 Å². The number of hydrogen-bond donors (Lipinski definition) is 2.